The zero-order valence-electron chi connectivity index (χ0n) is 14.8. The Bertz CT molecular complexity index is 705. The molecule has 0 atom stereocenters. The fraction of sp³-hybridized carbons (Fsp3) is 0.421. The zero-order chi connectivity index (χ0) is 17.0. The average molecular weight is 313 g/mol. The van der Waals surface area contributed by atoms with Crippen molar-refractivity contribution in [3.63, 3.8) is 0 Å². The van der Waals surface area contributed by atoms with Crippen LogP contribution < -0.4 is 10.5 Å². The van der Waals surface area contributed by atoms with Gasteiger partial charge in [0.15, 0.2) is 0 Å². The van der Waals surface area contributed by atoms with Crippen molar-refractivity contribution in [1.29, 1.82) is 0 Å². The van der Waals surface area contributed by atoms with E-state index in [0.717, 1.165) is 36.5 Å². The molecule has 2 rings (SSSR count). The normalized spacial score (nSPS) is 11.0. The molecule has 0 aliphatic carbocycles. The van der Waals surface area contributed by atoms with E-state index in [-0.39, 0.29) is 5.56 Å². The molecule has 1 N–H and O–H groups in total. The highest BCUT2D eigenvalue weighted by Gasteiger charge is 2.17. The third-order valence-electron chi connectivity index (χ3n) is 4.14. The fourth-order valence-electron chi connectivity index (χ4n) is 3.15. The molecule has 2 aromatic rings. The number of aromatic nitrogens is 1. The van der Waals surface area contributed by atoms with Gasteiger partial charge in [0.05, 0.1) is 0 Å². The Balaban J connectivity index is 2.35. The molecule has 0 radical (unpaired) electrons. The molecule has 4 heteroatoms. The first-order chi connectivity index (χ1) is 10.9. The number of hydrogen-bond donors (Lipinski definition) is 1. The number of anilines is 1. The maximum atomic E-state index is 12.4. The lowest BCUT2D eigenvalue weighted by molar-refractivity contribution is 0.318. The topological polar surface area (TPSA) is 39.3 Å². The molecule has 124 valence electrons. The molecule has 1 aromatic carbocycles. The monoisotopic (exact) mass is 313 g/mol. The molecule has 0 saturated heterocycles. The second kappa shape index (κ2) is 7.47. The number of nitrogens with zero attached hydrogens (tertiary/aromatic N) is 2. The van der Waals surface area contributed by atoms with Crippen molar-refractivity contribution in [2.24, 2.45) is 0 Å². The highest BCUT2D eigenvalue weighted by molar-refractivity contribution is 5.55. The quantitative estimate of drug-likeness (QED) is 0.891. The van der Waals surface area contributed by atoms with Gasteiger partial charge in [0.2, 0.25) is 0 Å². The average Bonchev–Trinajstić information content (AvgIpc) is 2.47. The van der Waals surface area contributed by atoms with Crippen LogP contribution in [0.2, 0.25) is 0 Å². The van der Waals surface area contributed by atoms with E-state index in [1.165, 1.54) is 11.1 Å². The van der Waals surface area contributed by atoms with E-state index in [1.807, 2.05) is 32.0 Å². The molecule has 1 aromatic heterocycles. The molecule has 0 aliphatic heterocycles. The second-order valence-corrected chi connectivity index (χ2v) is 6.29. The molecule has 4 nitrogen and oxygen atoms in total. The maximum Gasteiger partial charge on any atom is 0.272 e. The maximum absolute atomic E-state index is 12.4. The lowest BCUT2D eigenvalue weighted by Gasteiger charge is -2.24. The number of rotatable bonds is 6. The molecule has 23 heavy (non-hydrogen) atoms. The van der Waals surface area contributed by atoms with E-state index in [4.69, 9.17) is 0 Å². The summed E-state index contributed by atoms with van der Waals surface area (Å²) in [7, 11) is 5.96. The van der Waals surface area contributed by atoms with Gasteiger partial charge in [-0.25, -0.2) is 0 Å². The lowest BCUT2D eigenvalue weighted by atomic mass is 10.0. The number of aryl methyl sites for hydroxylation is 1. The van der Waals surface area contributed by atoms with Crippen molar-refractivity contribution < 1.29 is 0 Å². The summed E-state index contributed by atoms with van der Waals surface area (Å²) >= 11 is 0. The molecule has 0 bridgehead atoms. The van der Waals surface area contributed by atoms with Crippen LogP contribution in [0.1, 0.15) is 29.3 Å². The van der Waals surface area contributed by atoms with Crippen molar-refractivity contribution in [2.45, 2.75) is 33.4 Å². The minimum atomic E-state index is -0.00666. The molecule has 0 amide bonds. The van der Waals surface area contributed by atoms with Crippen LogP contribution in [0.25, 0.3) is 0 Å². The van der Waals surface area contributed by atoms with Gasteiger partial charge in [-0.2, -0.15) is 0 Å². The summed E-state index contributed by atoms with van der Waals surface area (Å²) in [5.41, 5.74) is 5.40. The van der Waals surface area contributed by atoms with Gasteiger partial charge in [-0.3, -0.25) is 9.69 Å². The van der Waals surface area contributed by atoms with Gasteiger partial charge in [-0.15, -0.1) is 0 Å². The predicted molar refractivity (Wildman–Crippen MR) is 97.1 cm³/mol. The summed E-state index contributed by atoms with van der Waals surface area (Å²) in [6.07, 6.45) is 0.915. The SMILES string of the molecule is CCc1c(C)[nH]c(=O)c(N(C)C)c1CN(C)Cc1ccccc1. The summed E-state index contributed by atoms with van der Waals surface area (Å²) in [6, 6.07) is 10.4. The molecular weight excluding hydrogens is 286 g/mol. The summed E-state index contributed by atoms with van der Waals surface area (Å²) in [4.78, 5) is 19.6. The van der Waals surface area contributed by atoms with E-state index in [2.05, 4.69) is 48.1 Å². The number of H-pyrrole nitrogens is 1. The third-order valence-corrected chi connectivity index (χ3v) is 4.14. The number of hydrogen-bond acceptors (Lipinski definition) is 3. The van der Waals surface area contributed by atoms with Gasteiger partial charge in [0.25, 0.3) is 5.56 Å². The van der Waals surface area contributed by atoms with Gasteiger partial charge in [-0.05, 0) is 31.5 Å². The molecule has 0 spiro atoms. The van der Waals surface area contributed by atoms with Crippen LogP contribution in [-0.4, -0.2) is 31.0 Å². The van der Waals surface area contributed by atoms with Crippen molar-refractivity contribution >= 4 is 5.69 Å². The Kier molecular flexibility index (Phi) is 5.61. The first kappa shape index (κ1) is 17.3. The van der Waals surface area contributed by atoms with Crippen LogP contribution in [-0.2, 0) is 19.5 Å². The van der Waals surface area contributed by atoms with Gasteiger partial charge >= 0.3 is 0 Å². The Morgan fingerprint density at radius 3 is 2.22 bits per heavy atom. The standard InChI is InChI=1S/C19H27N3O/c1-6-16-14(2)20-19(23)18(21(3)4)17(16)13-22(5)12-15-10-8-7-9-11-15/h7-11H,6,12-13H2,1-5H3,(H,20,23). The van der Waals surface area contributed by atoms with Crippen LogP contribution in [0.4, 0.5) is 5.69 Å². The van der Waals surface area contributed by atoms with Crippen molar-refractivity contribution in [3.05, 3.63) is 63.1 Å². The third kappa shape index (κ3) is 4.02. The Labute approximate surface area is 138 Å². The van der Waals surface area contributed by atoms with Crippen molar-refractivity contribution in [2.75, 3.05) is 26.0 Å². The summed E-state index contributed by atoms with van der Waals surface area (Å²) in [5, 5.41) is 0. The highest BCUT2D eigenvalue weighted by Crippen LogP contribution is 2.23. The first-order valence-electron chi connectivity index (χ1n) is 8.08. The van der Waals surface area contributed by atoms with E-state index < -0.39 is 0 Å². The van der Waals surface area contributed by atoms with Crippen molar-refractivity contribution in [1.82, 2.24) is 9.88 Å². The lowest BCUT2D eigenvalue weighted by Crippen LogP contribution is -2.28. The van der Waals surface area contributed by atoms with Crippen LogP contribution in [0.3, 0.4) is 0 Å². The van der Waals surface area contributed by atoms with Crippen molar-refractivity contribution in [3.8, 4) is 0 Å². The van der Waals surface area contributed by atoms with Gasteiger partial charge in [0.1, 0.15) is 5.69 Å². The van der Waals surface area contributed by atoms with E-state index in [1.54, 1.807) is 0 Å². The zero-order valence-corrected chi connectivity index (χ0v) is 14.8. The van der Waals surface area contributed by atoms with E-state index in [9.17, 15) is 4.79 Å². The minimum absolute atomic E-state index is 0.00666. The molecule has 1 heterocycles. The molecule has 0 saturated carbocycles. The largest absolute Gasteiger partial charge is 0.373 e. The minimum Gasteiger partial charge on any atom is -0.373 e. The van der Waals surface area contributed by atoms with E-state index >= 15 is 0 Å². The second-order valence-electron chi connectivity index (χ2n) is 6.29. The number of pyridine rings is 1. The van der Waals surface area contributed by atoms with Crippen LogP contribution in [0.15, 0.2) is 35.1 Å². The summed E-state index contributed by atoms with van der Waals surface area (Å²) in [5.74, 6) is 0. The van der Waals surface area contributed by atoms with Crippen LogP contribution in [0.5, 0.6) is 0 Å². The Morgan fingerprint density at radius 1 is 1.00 bits per heavy atom. The van der Waals surface area contributed by atoms with Crippen LogP contribution in [0, 0.1) is 6.92 Å². The van der Waals surface area contributed by atoms with Gasteiger partial charge in [-0.1, -0.05) is 37.3 Å². The number of aromatic amines is 1. The summed E-state index contributed by atoms with van der Waals surface area (Å²) in [6.45, 7) is 5.75. The fourth-order valence-corrected chi connectivity index (χ4v) is 3.15. The van der Waals surface area contributed by atoms with Gasteiger partial charge in [0, 0.05) is 38.4 Å². The highest BCUT2D eigenvalue weighted by atomic mass is 16.1. The number of nitrogens with one attached hydrogen (secondary N) is 1. The first-order valence-corrected chi connectivity index (χ1v) is 8.08. The molecule has 0 unspecified atom stereocenters. The molecule has 0 fully saturated rings. The Hall–Kier alpha value is -2.07. The smallest absolute Gasteiger partial charge is 0.272 e. The molecular formula is C19H27N3O. The number of benzene rings is 1. The van der Waals surface area contributed by atoms with E-state index in [0.29, 0.717) is 0 Å². The van der Waals surface area contributed by atoms with Crippen LogP contribution >= 0.6 is 0 Å². The Morgan fingerprint density at radius 2 is 1.65 bits per heavy atom. The predicted octanol–water partition coefficient (Wildman–Crippen LogP) is 2.94. The van der Waals surface area contributed by atoms with Gasteiger partial charge < -0.3 is 9.88 Å². The molecule has 0 aliphatic rings. The summed E-state index contributed by atoms with van der Waals surface area (Å²) < 4.78 is 0.